The molecule has 0 radical (unpaired) electrons. The first-order valence-corrected chi connectivity index (χ1v) is 13.8. The molecule has 5 aromatic rings. The van der Waals surface area contributed by atoms with Gasteiger partial charge in [-0.1, -0.05) is 41.4 Å². The van der Waals surface area contributed by atoms with Gasteiger partial charge in [0.05, 0.1) is 29.7 Å². The first kappa shape index (κ1) is 27.4. The van der Waals surface area contributed by atoms with Crippen LogP contribution in [0.1, 0.15) is 56.6 Å². The van der Waals surface area contributed by atoms with Crippen LogP contribution in [-0.2, 0) is 6.54 Å². The number of rotatable bonds is 6. The van der Waals surface area contributed by atoms with Crippen molar-refractivity contribution in [1.29, 1.82) is 0 Å². The molecule has 12 heteroatoms. The molecule has 3 aromatic heterocycles. The van der Waals surface area contributed by atoms with Crippen molar-refractivity contribution >= 4 is 46.7 Å². The minimum atomic E-state index is -0.392. The Bertz CT molecular complexity index is 1770. The standard InChI is InChI=1S/C30H24Cl2N8O2/c1-18(25-4-2-3-13-33-25)36-29(41)26-24-16-39(30(42)28-34-17-35-37-28)15-20(14-19-5-7-21(31)8-6-19)27(24)40(38-26)23-11-9-22(32)10-12-23/h2-14,17-18H,15-16H2,1H3,(H,36,41)(H,34,35,37)/b20-14+/t18-/m1/s1. The van der Waals surface area contributed by atoms with Gasteiger partial charge in [-0.2, -0.15) is 10.2 Å². The van der Waals surface area contributed by atoms with Gasteiger partial charge in [0.2, 0.25) is 5.82 Å². The highest BCUT2D eigenvalue weighted by Gasteiger charge is 2.35. The normalized spacial score (nSPS) is 14.5. The minimum Gasteiger partial charge on any atom is -0.343 e. The second-order valence-electron chi connectivity index (χ2n) is 9.73. The molecule has 1 aliphatic heterocycles. The number of fused-ring (bicyclic) bond motifs is 1. The molecule has 2 amide bonds. The van der Waals surface area contributed by atoms with Gasteiger partial charge in [-0.25, -0.2) is 9.67 Å². The maximum absolute atomic E-state index is 13.8. The van der Waals surface area contributed by atoms with Crippen LogP contribution in [0, 0.1) is 0 Å². The number of hydrogen-bond acceptors (Lipinski definition) is 6. The van der Waals surface area contributed by atoms with Gasteiger partial charge in [-0.3, -0.25) is 19.7 Å². The van der Waals surface area contributed by atoms with Crippen molar-refractivity contribution in [3.05, 3.63) is 123 Å². The van der Waals surface area contributed by atoms with Gasteiger partial charge in [-0.15, -0.1) is 0 Å². The van der Waals surface area contributed by atoms with E-state index in [1.807, 2.05) is 55.5 Å². The van der Waals surface area contributed by atoms with Gasteiger partial charge in [0.25, 0.3) is 11.8 Å². The maximum atomic E-state index is 13.8. The number of hydrogen-bond donors (Lipinski definition) is 2. The highest BCUT2D eigenvalue weighted by Crippen LogP contribution is 2.34. The Balaban J connectivity index is 1.49. The topological polar surface area (TPSA) is 122 Å². The average molecular weight is 599 g/mol. The third-order valence-corrected chi connectivity index (χ3v) is 7.38. The number of carbonyl (C=O) groups is 2. The largest absolute Gasteiger partial charge is 0.343 e. The lowest BCUT2D eigenvalue weighted by molar-refractivity contribution is 0.0746. The van der Waals surface area contributed by atoms with E-state index in [2.05, 4.69) is 25.5 Å². The molecule has 1 aliphatic rings. The van der Waals surface area contributed by atoms with Crippen molar-refractivity contribution in [2.75, 3.05) is 6.54 Å². The predicted octanol–water partition coefficient (Wildman–Crippen LogP) is 5.38. The number of halogens is 2. The lowest BCUT2D eigenvalue weighted by Crippen LogP contribution is -2.37. The number of benzene rings is 2. The van der Waals surface area contributed by atoms with Crippen molar-refractivity contribution in [2.45, 2.75) is 19.5 Å². The Labute approximate surface area is 251 Å². The predicted molar refractivity (Wildman–Crippen MR) is 159 cm³/mol. The molecule has 0 bridgehead atoms. The molecule has 0 unspecified atom stereocenters. The van der Waals surface area contributed by atoms with Crippen molar-refractivity contribution in [1.82, 2.24) is 40.2 Å². The summed E-state index contributed by atoms with van der Waals surface area (Å²) in [6.07, 6.45) is 4.92. The number of aromatic amines is 1. The molecule has 10 nitrogen and oxygen atoms in total. The van der Waals surface area contributed by atoms with Crippen LogP contribution in [0.3, 0.4) is 0 Å². The van der Waals surface area contributed by atoms with Crippen LogP contribution in [0.4, 0.5) is 0 Å². The molecule has 2 aromatic carbocycles. The molecule has 42 heavy (non-hydrogen) atoms. The zero-order chi connectivity index (χ0) is 29.2. The van der Waals surface area contributed by atoms with E-state index in [1.165, 1.54) is 6.33 Å². The van der Waals surface area contributed by atoms with Gasteiger partial charge < -0.3 is 10.2 Å². The summed E-state index contributed by atoms with van der Waals surface area (Å²) in [6, 6.07) is 19.7. The molecule has 2 N–H and O–H groups in total. The number of nitrogens with one attached hydrogen (secondary N) is 2. The van der Waals surface area contributed by atoms with Gasteiger partial charge in [0.1, 0.15) is 6.33 Å². The second-order valence-corrected chi connectivity index (χ2v) is 10.6. The van der Waals surface area contributed by atoms with Gasteiger partial charge in [0.15, 0.2) is 5.69 Å². The smallest absolute Gasteiger partial charge is 0.291 e. The van der Waals surface area contributed by atoms with E-state index in [0.29, 0.717) is 32.7 Å². The van der Waals surface area contributed by atoms with Crippen LogP contribution in [0.5, 0.6) is 0 Å². The Morgan fingerprint density at radius 3 is 2.38 bits per heavy atom. The summed E-state index contributed by atoms with van der Waals surface area (Å²) < 4.78 is 1.73. The van der Waals surface area contributed by atoms with Crippen LogP contribution < -0.4 is 5.32 Å². The third-order valence-electron chi connectivity index (χ3n) is 6.88. The van der Waals surface area contributed by atoms with Crippen LogP contribution in [-0.4, -0.2) is 53.2 Å². The zero-order valence-electron chi connectivity index (χ0n) is 22.3. The summed E-state index contributed by atoms with van der Waals surface area (Å²) in [5.74, 6) is -0.645. The summed E-state index contributed by atoms with van der Waals surface area (Å²) in [7, 11) is 0. The fourth-order valence-electron chi connectivity index (χ4n) is 4.86. The second kappa shape index (κ2) is 11.6. The zero-order valence-corrected chi connectivity index (χ0v) is 23.8. The first-order chi connectivity index (χ1) is 20.4. The van der Waals surface area contributed by atoms with Crippen molar-refractivity contribution in [3.63, 3.8) is 0 Å². The van der Waals surface area contributed by atoms with Gasteiger partial charge >= 0.3 is 0 Å². The maximum Gasteiger partial charge on any atom is 0.291 e. The molecule has 0 saturated carbocycles. The Morgan fingerprint density at radius 1 is 0.976 bits per heavy atom. The van der Waals surface area contributed by atoms with Crippen LogP contribution in [0.2, 0.25) is 10.0 Å². The minimum absolute atomic E-state index is 0.101. The molecular weight excluding hydrogens is 575 g/mol. The lowest BCUT2D eigenvalue weighted by atomic mass is 9.97. The van der Waals surface area contributed by atoms with Gasteiger partial charge in [0, 0.05) is 28.4 Å². The quantitative estimate of drug-likeness (QED) is 0.270. The Hall–Kier alpha value is -4.80. The van der Waals surface area contributed by atoms with Crippen LogP contribution in [0.25, 0.3) is 17.3 Å². The Morgan fingerprint density at radius 2 is 1.71 bits per heavy atom. The van der Waals surface area contributed by atoms with Crippen molar-refractivity contribution < 1.29 is 9.59 Å². The molecule has 0 aliphatic carbocycles. The van der Waals surface area contributed by atoms with Crippen molar-refractivity contribution in [2.24, 2.45) is 0 Å². The molecule has 1 atom stereocenters. The summed E-state index contributed by atoms with van der Waals surface area (Å²) >= 11 is 12.3. The fourth-order valence-corrected chi connectivity index (χ4v) is 5.11. The highest BCUT2D eigenvalue weighted by molar-refractivity contribution is 6.30. The summed E-state index contributed by atoms with van der Waals surface area (Å²) in [4.78, 5) is 37.3. The number of carbonyl (C=O) groups excluding carboxylic acids is 2. The van der Waals surface area contributed by atoms with E-state index in [9.17, 15) is 9.59 Å². The molecular formula is C30H24Cl2N8O2. The monoisotopic (exact) mass is 598 g/mol. The van der Waals surface area contributed by atoms with E-state index >= 15 is 0 Å². The summed E-state index contributed by atoms with van der Waals surface area (Å²) in [6.45, 7) is 2.22. The molecule has 0 saturated heterocycles. The van der Waals surface area contributed by atoms with E-state index in [1.54, 1.807) is 40.0 Å². The molecule has 210 valence electrons. The molecule has 6 rings (SSSR count). The van der Waals surface area contributed by atoms with E-state index in [4.69, 9.17) is 28.3 Å². The molecule has 0 fully saturated rings. The number of aromatic nitrogens is 6. The number of pyridine rings is 1. The highest BCUT2D eigenvalue weighted by atomic mass is 35.5. The Kier molecular flexibility index (Phi) is 7.56. The van der Waals surface area contributed by atoms with E-state index < -0.39 is 5.91 Å². The number of amides is 2. The first-order valence-electron chi connectivity index (χ1n) is 13.1. The van der Waals surface area contributed by atoms with Gasteiger partial charge in [-0.05, 0) is 72.7 Å². The van der Waals surface area contributed by atoms with E-state index in [-0.39, 0.29) is 36.6 Å². The number of nitrogens with zero attached hydrogens (tertiary/aromatic N) is 6. The fraction of sp³-hybridized carbons (Fsp3) is 0.133. The van der Waals surface area contributed by atoms with Crippen molar-refractivity contribution in [3.8, 4) is 5.69 Å². The molecule has 0 spiro atoms. The average Bonchev–Trinajstić information content (AvgIpc) is 3.68. The SMILES string of the molecule is C[C@@H](NC(=O)c1nn(-c2ccc(Cl)cc2)c2c1CN(C(=O)c1ncn[nH]1)C/C2=C\c1ccc(Cl)cc1)c1ccccn1. The van der Waals surface area contributed by atoms with Crippen LogP contribution in [0.15, 0.2) is 79.3 Å². The lowest BCUT2D eigenvalue weighted by Gasteiger charge is -2.29. The molecule has 4 heterocycles. The third kappa shape index (κ3) is 5.54. The summed E-state index contributed by atoms with van der Waals surface area (Å²) in [5, 5.41) is 15.5. The number of H-pyrrole nitrogens is 1. The summed E-state index contributed by atoms with van der Waals surface area (Å²) in [5.41, 5.74) is 4.56. The van der Waals surface area contributed by atoms with E-state index in [0.717, 1.165) is 11.1 Å². The van der Waals surface area contributed by atoms with Crippen LogP contribution >= 0.6 is 23.2 Å².